The van der Waals surface area contributed by atoms with Crippen molar-refractivity contribution in [3.05, 3.63) is 114 Å². The van der Waals surface area contributed by atoms with Crippen LogP contribution in [0.1, 0.15) is 36.8 Å². The lowest BCUT2D eigenvalue weighted by atomic mass is 9.91. The van der Waals surface area contributed by atoms with E-state index in [4.69, 9.17) is 79.6 Å². The molecule has 48 heavy (non-hydrogen) atoms. The van der Waals surface area contributed by atoms with Crippen LogP contribution in [0.25, 0.3) is 0 Å². The SMILES string of the molecule is O=S(=O)(Nc1ccccc1C=N[C@@H]1CCCC[C@H]1N=Cc1ccccc1NS(=O)(=O)c1c(Cl)cc(Cl)cc1Cl)c1c(Cl)cc(Cl)cc1Cl. The molecule has 0 amide bonds. The number of sulfonamides is 2. The zero-order valence-corrected chi connectivity index (χ0v) is 30.8. The standard InChI is InChI=1S/C32H26Cl6N4O4S2/c33-21-13-23(35)31(24(36)14-21)47(43,44)41-27-9-3-1-7-19(27)17-39-29-11-5-6-12-30(29)40-18-20-8-2-4-10-28(20)42-48(45,46)32-25(37)15-22(34)16-26(32)38/h1-4,7-10,13-18,29-30,41-42H,5-6,11-12H2/t29-,30-/m1/s1. The number of hydrogen-bond donors (Lipinski definition) is 2. The molecule has 0 radical (unpaired) electrons. The highest BCUT2D eigenvalue weighted by Gasteiger charge is 2.26. The minimum absolute atomic E-state index is 0.110. The molecular weight excluding hydrogens is 781 g/mol. The number of benzene rings is 4. The molecule has 4 aromatic carbocycles. The van der Waals surface area contributed by atoms with Crippen molar-refractivity contribution in [1.29, 1.82) is 0 Å². The second-order valence-electron chi connectivity index (χ2n) is 10.8. The van der Waals surface area contributed by atoms with Crippen LogP contribution in [-0.2, 0) is 20.0 Å². The third-order valence-electron chi connectivity index (χ3n) is 7.38. The van der Waals surface area contributed by atoms with E-state index in [1.54, 1.807) is 61.0 Å². The lowest BCUT2D eigenvalue weighted by Gasteiger charge is -2.25. The third kappa shape index (κ3) is 8.78. The molecule has 5 rings (SSSR count). The topological polar surface area (TPSA) is 117 Å². The van der Waals surface area contributed by atoms with E-state index in [1.807, 2.05) is 0 Å². The number of halogens is 6. The van der Waals surface area contributed by atoms with Crippen molar-refractivity contribution in [1.82, 2.24) is 0 Å². The summed E-state index contributed by atoms with van der Waals surface area (Å²) < 4.78 is 58.2. The number of rotatable bonds is 10. The predicted octanol–water partition coefficient (Wildman–Crippen LogP) is 10.1. The minimum Gasteiger partial charge on any atom is -0.287 e. The fraction of sp³-hybridized carbons (Fsp3) is 0.188. The molecule has 0 bridgehead atoms. The molecule has 2 N–H and O–H groups in total. The van der Waals surface area contributed by atoms with E-state index in [-0.39, 0.29) is 63.4 Å². The molecule has 252 valence electrons. The molecule has 0 saturated heterocycles. The molecule has 0 spiro atoms. The van der Waals surface area contributed by atoms with Crippen molar-refractivity contribution >= 4 is 113 Å². The van der Waals surface area contributed by atoms with Crippen molar-refractivity contribution in [2.45, 2.75) is 47.6 Å². The average molecular weight is 807 g/mol. The Morgan fingerprint density at radius 3 is 1.25 bits per heavy atom. The van der Waals surface area contributed by atoms with Crippen LogP contribution in [0.5, 0.6) is 0 Å². The highest BCUT2D eigenvalue weighted by molar-refractivity contribution is 7.93. The summed E-state index contributed by atoms with van der Waals surface area (Å²) in [4.78, 5) is 9.05. The Morgan fingerprint density at radius 2 is 0.896 bits per heavy atom. The predicted molar refractivity (Wildman–Crippen MR) is 199 cm³/mol. The highest BCUT2D eigenvalue weighted by Crippen LogP contribution is 2.36. The molecule has 8 nitrogen and oxygen atoms in total. The van der Waals surface area contributed by atoms with Gasteiger partial charge in [0.05, 0.1) is 43.5 Å². The van der Waals surface area contributed by atoms with Gasteiger partial charge < -0.3 is 0 Å². The van der Waals surface area contributed by atoms with Gasteiger partial charge in [0, 0.05) is 33.6 Å². The maximum absolute atomic E-state index is 13.3. The molecule has 16 heteroatoms. The first-order valence-corrected chi connectivity index (χ1v) is 19.6. The Balaban J connectivity index is 1.36. The lowest BCUT2D eigenvalue weighted by molar-refractivity contribution is 0.390. The molecule has 0 heterocycles. The minimum atomic E-state index is -4.18. The van der Waals surface area contributed by atoms with E-state index in [1.165, 1.54) is 24.3 Å². The van der Waals surface area contributed by atoms with Gasteiger partial charge in [-0.2, -0.15) is 0 Å². The lowest BCUT2D eigenvalue weighted by Crippen LogP contribution is -2.27. The van der Waals surface area contributed by atoms with Gasteiger partial charge in [0.1, 0.15) is 9.79 Å². The van der Waals surface area contributed by atoms with Gasteiger partial charge >= 0.3 is 0 Å². The maximum Gasteiger partial charge on any atom is 0.264 e. The van der Waals surface area contributed by atoms with Gasteiger partial charge in [-0.3, -0.25) is 19.4 Å². The molecular formula is C32H26Cl6N4O4S2. The fourth-order valence-electron chi connectivity index (χ4n) is 5.16. The van der Waals surface area contributed by atoms with E-state index in [9.17, 15) is 16.8 Å². The Bertz CT molecular complexity index is 1930. The Kier molecular flexibility index (Phi) is 11.9. The van der Waals surface area contributed by atoms with Gasteiger partial charge in [-0.1, -0.05) is 119 Å². The van der Waals surface area contributed by atoms with Crippen LogP contribution in [0.15, 0.2) is 92.6 Å². The number of aliphatic imine (C=N–C) groups is 2. The quantitative estimate of drug-likeness (QED) is 0.155. The summed E-state index contributed by atoms with van der Waals surface area (Å²) in [5, 5.41) is -0.0264. The molecule has 1 fully saturated rings. The van der Waals surface area contributed by atoms with Crippen LogP contribution in [0, 0.1) is 0 Å². The molecule has 1 saturated carbocycles. The second kappa shape index (κ2) is 15.6. The van der Waals surface area contributed by atoms with E-state index in [2.05, 4.69) is 9.44 Å². The summed E-state index contributed by atoms with van der Waals surface area (Å²) >= 11 is 36.7. The summed E-state index contributed by atoms with van der Waals surface area (Å²) in [6.45, 7) is 0. The summed E-state index contributed by atoms with van der Waals surface area (Å²) in [6, 6.07) is 18.4. The van der Waals surface area contributed by atoms with Gasteiger partial charge in [0.25, 0.3) is 20.0 Å². The van der Waals surface area contributed by atoms with Crippen molar-refractivity contribution in [2.75, 3.05) is 9.44 Å². The molecule has 1 aliphatic carbocycles. The third-order valence-corrected chi connectivity index (χ3v) is 12.4. The van der Waals surface area contributed by atoms with E-state index in [0.29, 0.717) is 11.1 Å². The number of para-hydroxylation sites is 2. The molecule has 4 aromatic rings. The van der Waals surface area contributed by atoms with Gasteiger partial charge in [0.2, 0.25) is 0 Å². The maximum atomic E-state index is 13.3. The number of anilines is 2. The summed E-state index contributed by atoms with van der Waals surface area (Å²) in [7, 11) is -8.35. The first kappa shape index (κ1) is 36.7. The van der Waals surface area contributed by atoms with Crippen molar-refractivity contribution in [3.8, 4) is 0 Å². The Hall–Kier alpha value is -2.54. The Morgan fingerprint density at radius 1 is 0.562 bits per heavy atom. The van der Waals surface area contributed by atoms with E-state index in [0.717, 1.165) is 25.7 Å². The number of nitrogens with zero attached hydrogens (tertiary/aromatic N) is 2. The van der Waals surface area contributed by atoms with Crippen LogP contribution in [0.4, 0.5) is 11.4 Å². The second-order valence-corrected chi connectivity index (χ2v) is 16.5. The first-order valence-electron chi connectivity index (χ1n) is 14.3. The molecule has 2 atom stereocenters. The number of hydrogen-bond acceptors (Lipinski definition) is 6. The van der Waals surface area contributed by atoms with Crippen LogP contribution >= 0.6 is 69.6 Å². The molecule has 0 aromatic heterocycles. The van der Waals surface area contributed by atoms with Crippen molar-refractivity contribution < 1.29 is 16.8 Å². The van der Waals surface area contributed by atoms with Gasteiger partial charge in [0.15, 0.2) is 0 Å². The van der Waals surface area contributed by atoms with Crippen LogP contribution < -0.4 is 9.44 Å². The fourth-order valence-corrected chi connectivity index (χ4v) is 10.4. The van der Waals surface area contributed by atoms with Gasteiger partial charge in [-0.25, -0.2) is 16.8 Å². The van der Waals surface area contributed by atoms with E-state index >= 15 is 0 Å². The number of nitrogens with one attached hydrogen (secondary N) is 2. The van der Waals surface area contributed by atoms with Gasteiger partial charge in [-0.05, 0) is 49.2 Å². The van der Waals surface area contributed by atoms with E-state index < -0.39 is 20.0 Å². The Labute approximate surface area is 309 Å². The zero-order chi connectivity index (χ0) is 34.6. The molecule has 0 aliphatic heterocycles. The molecule has 1 aliphatic rings. The smallest absolute Gasteiger partial charge is 0.264 e. The first-order chi connectivity index (χ1) is 22.7. The highest BCUT2D eigenvalue weighted by atomic mass is 35.5. The zero-order valence-electron chi connectivity index (χ0n) is 24.7. The van der Waals surface area contributed by atoms with Crippen molar-refractivity contribution in [2.24, 2.45) is 9.98 Å². The normalized spacial score (nSPS) is 17.2. The summed E-state index contributed by atoms with van der Waals surface area (Å²) in [6.07, 6.45) is 6.62. The monoisotopic (exact) mass is 804 g/mol. The van der Waals surface area contributed by atoms with Crippen LogP contribution in [-0.4, -0.2) is 41.3 Å². The largest absolute Gasteiger partial charge is 0.287 e. The van der Waals surface area contributed by atoms with Crippen LogP contribution in [0.2, 0.25) is 30.1 Å². The molecule has 0 unspecified atom stereocenters. The average Bonchev–Trinajstić information content (AvgIpc) is 2.99. The van der Waals surface area contributed by atoms with Gasteiger partial charge in [-0.15, -0.1) is 0 Å². The van der Waals surface area contributed by atoms with Crippen molar-refractivity contribution in [3.63, 3.8) is 0 Å². The van der Waals surface area contributed by atoms with Crippen LogP contribution in [0.3, 0.4) is 0 Å². The summed E-state index contributed by atoms with van der Waals surface area (Å²) in [5.74, 6) is 0. The summed E-state index contributed by atoms with van der Waals surface area (Å²) in [5.41, 5.74) is 1.60.